The summed E-state index contributed by atoms with van der Waals surface area (Å²) in [5.41, 5.74) is 0.926. The minimum absolute atomic E-state index is 0.0469. The molecule has 4 aromatic rings. The van der Waals surface area contributed by atoms with Gasteiger partial charge < -0.3 is 24.4 Å². The summed E-state index contributed by atoms with van der Waals surface area (Å²) >= 11 is 6.45. The van der Waals surface area contributed by atoms with Gasteiger partial charge in [0.05, 0.1) is 32.6 Å². The molecule has 1 atom stereocenters. The number of nitro groups is 1. The van der Waals surface area contributed by atoms with Crippen molar-refractivity contribution in [3.63, 3.8) is 0 Å². The summed E-state index contributed by atoms with van der Waals surface area (Å²) in [6.07, 6.45) is 3.30. The molecule has 0 saturated carbocycles. The first-order valence-corrected chi connectivity index (χ1v) is 13.6. The van der Waals surface area contributed by atoms with E-state index in [2.05, 4.69) is 20.3 Å². The van der Waals surface area contributed by atoms with Gasteiger partial charge in [-0.05, 0) is 57.5 Å². The Morgan fingerprint density at radius 1 is 1.12 bits per heavy atom. The molecule has 2 aromatic heterocycles. The van der Waals surface area contributed by atoms with Crippen molar-refractivity contribution in [3.8, 4) is 11.5 Å². The molecule has 1 fully saturated rings. The quantitative estimate of drug-likeness (QED) is 0.174. The van der Waals surface area contributed by atoms with Gasteiger partial charge in [-0.3, -0.25) is 15.1 Å². The number of nitrogens with one attached hydrogen (secondary N) is 1. The van der Waals surface area contributed by atoms with Crippen molar-refractivity contribution in [2.24, 2.45) is 0 Å². The van der Waals surface area contributed by atoms with E-state index < -0.39 is 16.6 Å². The van der Waals surface area contributed by atoms with E-state index >= 15 is 0 Å². The van der Waals surface area contributed by atoms with Crippen molar-refractivity contribution >= 4 is 45.8 Å². The zero-order chi connectivity index (χ0) is 29.9. The number of halogens is 1. The third kappa shape index (κ3) is 6.77. The van der Waals surface area contributed by atoms with Crippen LogP contribution in [-0.4, -0.2) is 55.7 Å². The molecular weight excluding hydrogens is 564 g/mol. The van der Waals surface area contributed by atoms with Gasteiger partial charge in [-0.1, -0.05) is 17.7 Å². The third-order valence-electron chi connectivity index (χ3n) is 6.41. The Labute approximate surface area is 246 Å². The summed E-state index contributed by atoms with van der Waals surface area (Å²) in [5, 5.41) is 15.9. The van der Waals surface area contributed by atoms with E-state index in [1.807, 2.05) is 18.2 Å². The number of likely N-dealkylation sites (tertiary alicyclic amines) is 1. The summed E-state index contributed by atoms with van der Waals surface area (Å²) in [5.74, 6) is 0.878. The van der Waals surface area contributed by atoms with Crippen LogP contribution in [0.1, 0.15) is 32.9 Å². The molecule has 1 saturated heterocycles. The number of benzene rings is 2. The van der Waals surface area contributed by atoms with Crippen LogP contribution in [0.3, 0.4) is 0 Å². The van der Waals surface area contributed by atoms with Crippen LogP contribution in [0.5, 0.6) is 11.5 Å². The number of pyridine rings is 1. The van der Waals surface area contributed by atoms with Gasteiger partial charge in [-0.25, -0.2) is 14.8 Å². The molecule has 0 unspecified atom stereocenters. The van der Waals surface area contributed by atoms with E-state index in [1.165, 1.54) is 18.5 Å². The van der Waals surface area contributed by atoms with Crippen LogP contribution in [-0.2, 0) is 11.3 Å². The molecule has 13 heteroatoms. The molecule has 2 aromatic carbocycles. The summed E-state index contributed by atoms with van der Waals surface area (Å²) in [7, 11) is 0. The summed E-state index contributed by atoms with van der Waals surface area (Å²) in [6, 6.07) is 13.3. The van der Waals surface area contributed by atoms with E-state index in [-0.39, 0.29) is 30.7 Å². The lowest BCUT2D eigenvalue weighted by Crippen LogP contribution is -2.55. The highest BCUT2D eigenvalue weighted by Crippen LogP contribution is 2.36. The van der Waals surface area contributed by atoms with Gasteiger partial charge in [0.1, 0.15) is 36.7 Å². The Morgan fingerprint density at radius 3 is 2.62 bits per heavy atom. The summed E-state index contributed by atoms with van der Waals surface area (Å²) < 4.78 is 17.1. The number of hydrogen-bond acceptors (Lipinski definition) is 10. The molecule has 3 heterocycles. The average molecular weight is 593 g/mol. The monoisotopic (exact) mass is 592 g/mol. The molecular formula is C29H29ClN6O6. The number of rotatable bonds is 9. The van der Waals surface area contributed by atoms with Crippen molar-refractivity contribution in [1.82, 2.24) is 19.9 Å². The minimum Gasteiger partial charge on any atom is -0.486 e. The van der Waals surface area contributed by atoms with Crippen molar-refractivity contribution in [2.45, 2.75) is 45.4 Å². The summed E-state index contributed by atoms with van der Waals surface area (Å²) in [6.45, 7) is 6.26. The largest absolute Gasteiger partial charge is 0.486 e. The normalized spacial score (nSPS) is 14.7. The molecule has 1 N–H and O–H groups in total. The Morgan fingerprint density at radius 2 is 1.95 bits per heavy atom. The zero-order valence-electron chi connectivity index (χ0n) is 23.2. The lowest BCUT2D eigenvalue weighted by Gasteiger charge is -2.40. The standard InChI is InChI=1S/C29H29ClN6O6/c1-29(2,3)42-28(37)35-11-9-20(35)16-41-26-14-23-21(13-24(26)36(38)39)27(33-17-32-23)34-18-7-8-25(22(30)12-18)40-15-19-6-4-5-10-31-19/h4-8,10,12-14,17,20H,9,11,15-16H2,1-3H3,(H,32,33,34)/t20-/m0/s1. The molecule has 1 aliphatic rings. The number of carbonyl (C=O) groups excluding carboxylic acids is 1. The highest BCUT2D eigenvalue weighted by atomic mass is 35.5. The fourth-order valence-electron chi connectivity index (χ4n) is 4.26. The number of nitrogens with zero attached hydrogens (tertiary/aromatic N) is 5. The predicted octanol–water partition coefficient (Wildman–Crippen LogP) is 6.30. The summed E-state index contributed by atoms with van der Waals surface area (Å²) in [4.78, 5) is 38.2. The number of nitro benzene ring substituents is 1. The van der Waals surface area contributed by atoms with Crippen LogP contribution >= 0.6 is 11.6 Å². The topological polar surface area (TPSA) is 142 Å². The van der Waals surface area contributed by atoms with Gasteiger partial charge >= 0.3 is 11.8 Å². The van der Waals surface area contributed by atoms with Crippen molar-refractivity contribution in [1.29, 1.82) is 0 Å². The van der Waals surface area contributed by atoms with Crippen LogP contribution < -0.4 is 14.8 Å². The number of amides is 1. The maximum atomic E-state index is 12.4. The third-order valence-corrected chi connectivity index (χ3v) is 6.71. The minimum atomic E-state index is -0.623. The fraction of sp³-hybridized carbons (Fsp3) is 0.310. The average Bonchev–Trinajstić information content (AvgIpc) is 2.91. The lowest BCUT2D eigenvalue weighted by molar-refractivity contribution is -0.385. The second-order valence-electron chi connectivity index (χ2n) is 10.6. The van der Waals surface area contributed by atoms with Gasteiger partial charge in [0, 0.05) is 30.6 Å². The van der Waals surface area contributed by atoms with E-state index in [0.29, 0.717) is 46.1 Å². The van der Waals surface area contributed by atoms with Gasteiger partial charge in [-0.15, -0.1) is 0 Å². The first-order chi connectivity index (χ1) is 20.1. The first kappa shape index (κ1) is 28.8. The molecule has 0 radical (unpaired) electrons. The number of aromatic nitrogens is 3. The Bertz CT molecular complexity index is 1610. The zero-order valence-corrected chi connectivity index (χ0v) is 24.0. The van der Waals surface area contributed by atoms with Crippen LogP contribution in [0.25, 0.3) is 10.9 Å². The molecule has 0 aliphatic carbocycles. The second kappa shape index (κ2) is 12.0. The number of anilines is 2. The van der Waals surface area contributed by atoms with Crippen LogP contribution in [0, 0.1) is 10.1 Å². The number of ether oxygens (including phenoxy) is 3. The fourth-order valence-corrected chi connectivity index (χ4v) is 4.49. The highest BCUT2D eigenvalue weighted by Gasteiger charge is 2.36. The van der Waals surface area contributed by atoms with E-state index in [1.54, 1.807) is 50.1 Å². The van der Waals surface area contributed by atoms with Crippen molar-refractivity contribution < 1.29 is 23.9 Å². The molecule has 42 heavy (non-hydrogen) atoms. The molecule has 218 valence electrons. The van der Waals surface area contributed by atoms with Gasteiger partial charge in [0.15, 0.2) is 5.75 Å². The molecule has 5 rings (SSSR count). The second-order valence-corrected chi connectivity index (χ2v) is 11.0. The maximum Gasteiger partial charge on any atom is 0.410 e. The van der Waals surface area contributed by atoms with Crippen LogP contribution in [0.15, 0.2) is 61.1 Å². The van der Waals surface area contributed by atoms with Crippen molar-refractivity contribution in [2.75, 3.05) is 18.5 Å². The molecule has 1 aliphatic heterocycles. The highest BCUT2D eigenvalue weighted by molar-refractivity contribution is 6.32. The predicted molar refractivity (Wildman–Crippen MR) is 156 cm³/mol. The Kier molecular flexibility index (Phi) is 8.25. The smallest absolute Gasteiger partial charge is 0.410 e. The van der Waals surface area contributed by atoms with Crippen LogP contribution in [0.4, 0.5) is 22.0 Å². The van der Waals surface area contributed by atoms with Gasteiger partial charge in [0.2, 0.25) is 0 Å². The van der Waals surface area contributed by atoms with E-state index in [9.17, 15) is 14.9 Å². The van der Waals surface area contributed by atoms with Crippen LogP contribution in [0.2, 0.25) is 5.02 Å². The first-order valence-electron chi connectivity index (χ1n) is 13.2. The van der Waals surface area contributed by atoms with Gasteiger partial charge in [-0.2, -0.15) is 0 Å². The Hall–Kier alpha value is -4.71. The van der Waals surface area contributed by atoms with Crippen molar-refractivity contribution in [3.05, 3.63) is 81.9 Å². The molecule has 12 nitrogen and oxygen atoms in total. The SMILES string of the molecule is CC(C)(C)OC(=O)N1CC[C@H]1COc1cc2ncnc(Nc3ccc(OCc4ccccn4)c(Cl)c3)c2cc1[N+](=O)[O-]. The number of hydrogen-bond donors (Lipinski definition) is 1. The lowest BCUT2D eigenvalue weighted by atomic mass is 10.1. The van der Waals surface area contributed by atoms with E-state index in [4.69, 9.17) is 25.8 Å². The number of fused-ring (bicyclic) bond motifs is 1. The van der Waals surface area contributed by atoms with Gasteiger partial charge in [0.25, 0.3) is 0 Å². The van der Waals surface area contributed by atoms with E-state index in [0.717, 1.165) is 5.69 Å². The Balaban J connectivity index is 1.31. The molecule has 0 bridgehead atoms. The molecule has 1 amide bonds. The molecule has 0 spiro atoms. The maximum absolute atomic E-state index is 12.4. The number of carbonyl (C=O) groups is 1.